The number of carbonyl (C=O) groups excluding carboxylic acids is 1. The monoisotopic (exact) mass is 262 g/mol. The Hall–Kier alpha value is -2.51. The average Bonchev–Trinajstić information content (AvgIpc) is 2.95. The molecule has 0 aromatic carbocycles. The Kier molecular flexibility index (Phi) is 3.69. The van der Waals surface area contributed by atoms with Crippen LogP contribution in [-0.4, -0.2) is 44.9 Å². The second kappa shape index (κ2) is 5.42. The summed E-state index contributed by atoms with van der Waals surface area (Å²) in [6, 6.07) is 0. The number of nitrogens with one attached hydrogen (secondary N) is 1. The molecule has 2 aromatic heterocycles. The van der Waals surface area contributed by atoms with Crippen LogP contribution in [-0.2, 0) is 11.2 Å². The molecule has 0 saturated carbocycles. The van der Waals surface area contributed by atoms with E-state index in [2.05, 4.69) is 30.1 Å². The topological polar surface area (TPSA) is 94.8 Å². The van der Waals surface area contributed by atoms with Crippen LogP contribution in [0.25, 0.3) is 5.82 Å². The summed E-state index contributed by atoms with van der Waals surface area (Å²) in [6.07, 6.45) is 3.58. The Bertz CT molecular complexity index is 595. The molecule has 0 saturated heterocycles. The maximum Gasteiger partial charge on any atom is 0.377 e. The van der Waals surface area contributed by atoms with Crippen LogP contribution >= 0.6 is 0 Å². The first-order valence-electron chi connectivity index (χ1n) is 5.73. The van der Waals surface area contributed by atoms with E-state index in [4.69, 9.17) is 0 Å². The Morgan fingerprint density at radius 3 is 2.84 bits per heavy atom. The smallest absolute Gasteiger partial charge is 0.377 e. The quantitative estimate of drug-likeness (QED) is 0.799. The highest BCUT2D eigenvalue weighted by atomic mass is 16.5. The molecule has 8 heteroatoms. The van der Waals surface area contributed by atoms with Crippen molar-refractivity contribution in [2.45, 2.75) is 13.3 Å². The van der Waals surface area contributed by atoms with Crippen LogP contribution in [0.4, 0.5) is 5.82 Å². The summed E-state index contributed by atoms with van der Waals surface area (Å²) >= 11 is 0. The van der Waals surface area contributed by atoms with Gasteiger partial charge in [0.1, 0.15) is 18.5 Å². The van der Waals surface area contributed by atoms with Gasteiger partial charge in [-0.15, -0.1) is 5.10 Å². The largest absolute Gasteiger partial charge is 0.463 e. The van der Waals surface area contributed by atoms with Crippen molar-refractivity contribution in [2.24, 2.45) is 0 Å². The highest BCUT2D eigenvalue weighted by Gasteiger charge is 2.16. The second-order valence-electron chi connectivity index (χ2n) is 3.63. The molecule has 2 rings (SSSR count). The Balaban J connectivity index is 2.47. The zero-order valence-electron chi connectivity index (χ0n) is 10.9. The number of esters is 1. The van der Waals surface area contributed by atoms with E-state index in [1.807, 2.05) is 6.92 Å². The van der Waals surface area contributed by atoms with Crippen LogP contribution in [0.3, 0.4) is 0 Å². The third kappa shape index (κ3) is 2.37. The number of rotatable bonds is 4. The number of aromatic nitrogens is 5. The van der Waals surface area contributed by atoms with Gasteiger partial charge in [0.25, 0.3) is 5.82 Å². The zero-order chi connectivity index (χ0) is 13.8. The summed E-state index contributed by atoms with van der Waals surface area (Å²) in [7, 11) is 3.07. The van der Waals surface area contributed by atoms with Gasteiger partial charge in [-0.2, -0.15) is 0 Å². The minimum absolute atomic E-state index is 0.00540. The van der Waals surface area contributed by atoms with Gasteiger partial charge in [0, 0.05) is 12.6 Å². The van der Waals surface area contributed by atoms with Crippen molar-refractivity contribution in [3.8, 4) is 5.82 Å². The molecule has 1 N–H and O–H groups in total. The van der Waals surface area contributed by atoms with Gasteiger partial charge in [0.2, 0.25) is 0 Å². The van der Waals surface area contributed by atoms with Gasteiger partial charge >= 0.3 is 5.97 Å². The highest BCUT2D eigenvalue weighted by Crippen LogP contribution is 2.18. The maximum atomic E-state index is 11.3. The molecule has 0 amide bonds. The van der Waals surface area contributed by atoms with Gasteiger partial charge in [-0.05, 0) is 6.42 Å². The molecular weight excluding hydrogens is 248 g/mol. The fourth-order valence-corrected chi connectivity index (χ4v) is 1.69. The average molecular weight is 262 g/mol. The molecule has 0 fully saturated rings. The van der Waals surface area contributed by atoms with Crippen LogP contribution in [0.2, 0.25) is 0 Å². The van der Waals surface area contributed by atoms with E-state index in [0.717, 1.165) is 17.8 Å². The molecule has 19 heavy (non-hydrogen) atoms. The summed E-state index contributed by atoms with van der Waals surface area (Å²) in [5.74, 6) is 0.723. The molecule has 0 aliphatic heterocycles. The Labute approximate surface area is 109 Å². The standard InChI is InChI=1S/C11H14N6O2/c1-4-7-8(12-2)13-5-14-10(7)17-6-15-9(16-17)11(18)19-3/h5-6H,4H2,1-3H3,(H,12,13,14). The van der Waals surface area contributed by atoms with E-state index in [-0.39, 0.29) is 5.82 Å². The van der Waals surface area contributed by atoms with Gasteiger partial charge in [-0.3, -0.25) is 0 Å². The van der Waals surface area contributed by atoms with Crippen LogP contribution < -0.4 is 5.32 Å². The van der Waals surface area contributed by atoms with Crippen molar-refractivity contribution in [3.05, 3.63) is 24.0 Å². The number of ether oxygens (including phenoxy) is 1. The summed E-state index contributed by atoms with van der Waals surface area (Å²) < 4.78 is 6.00. The van der Waals surface area contributed by atoms with Crippen LogP contribution in [0.1, 0.15) is 23.1 Å². The molecule has 2 aromatic rings. The molecule has 0 bridgehead atoms. The molecule has 0 aliphatic rings. The SMILES string of the molecule is CCc1c(NC)ncnc1-n1cnc(C(=O)OC)n1. The van der Waals surface area contributed by atoms with E-state index in [0.29, 0.717) is 5.82 Å². The van der Waals surface area contributed by atoms with Gasteiger partial charge in [-0.25, -0.2) is 24.4 Å². The van der Waals surface area contributed by atoms with Crippen molar-refractivity contribution >= 4 is 11.8 Å². The van der Waals surface area contributed by atoms with Crippen molar-refractivity contribution in [1.29, 1.82) is 0 Å². The summed E-state index contributed by atoms with van der Waals surface area (Å²) in [5.41, 5.74) is 0.895. The number of hydrogen-bond acceptors (Lipinski definition) is 7. The maximum absolute atomic E-state index is 11.3. The molecule has 8 nitrogen and oxygen atoms in total. The minimum atomic E-state index is -0.584. The Morgan fingerprint density at radius 1 is 1.42 bits per heavy atom. The predicted molar refractivity (Wildman–Crippen MR) is 67.2 cm³/mol. The number of nitrogens with zero attached hydrogens (tertiary/aromatic N) is 5. The molecule has 0 atom stereocenters. The summed E-state index contributed by atoms with van der Waals surface area (Å²) in [5, 5.41) is 7.04. The first-order chi connectivity index (χ1) is 9.21. The predicted octanol–water partition coefficient (Wildman–Crippen LogP) is 0.448. The molecule has 2 heterocycles. The lowest BCUT2D eigenvalue weighted by molar-refractivity contribution is 0.0587. The third-order valence-electron chi connectivity index (χ3n) is 2.59. The lowest BCUT2D eigenvalue weighted by Gasteiger charge is -2.09. The van der Waals surface area contributed by atoms with Crippen LogP contribution in [0.5, 0.6) is 0 Å². The molecule has 0 aliphatic carbocycles. The first-order valence-corrected chi connectivity index (χ1v) is 5.73. The van der Waals surface area contributed by atoms with Crippen molar-refractivity contribution < 1.29 is 9.53 Å². The van der Waals surface area contributed by atoms with Crippen LogP contribution in [0, 0.1) is 0 Å². The summed E-state index contributed by atoms with van der Waals surface area (Å²) in [6.45, 7) is 1.99. The molecule has 0 spiro atoms. The number of hydrogen-bond donors (Lipinski definition) is 1. The van der Waals surface area contributed by atoms with Crippen molar-refractivity contribution in [1.82, 2.24) is 24.7 Å². The van der Waals surface area contributed by atoms with E-state index < -0.39 is 5.97 Å². The number of anilines is 1. The van der Waals surface area contributed by atoms with Crippen molar-refractivity contribution in [2.75, 3.05) is 19.5 Å². The lowest BCUT2D eigenvalue weighted by atomic mass is 10.2. The van der Waals surface area contributed by atoms with E-state index in [9.17, 15) is 4.79 Å². The number of carbonyl (C=O) groups is 1. The van der Waals surface area contributed by atoms with Gasteiger partial charge in [0.15, 0.2) is 5.82 Å². The van der Waals surface area contributed by atoms with E-state index >= 15 is 0 Å². The minimum Gasteiger partial charge on any atom is -0.463 e. The molecular formula is C11H14N6O2. The zero-order valence-corrected chi connectivity index (χ0v) is 10.9. The second-order valence-corrected chi connectivity index (χ2v) is 3.63. The fraction of sp³-hybridized carbons (Fsp3) is 0.364. The Morgan fingerprint density at radius 2 is 2.21 bits per heavy atom. The molecule has 0 unspecified atom stereocenters. The lowest BCUT2D eigenvalue weighted by Crippen LogP contribution is -2.09. The first kappa shape index (κ1) is 12.9. The summed E-state index contributed by atoms with van der Waals surface area (Å²) in [4.78, 5) is 23.5. The molecule has 0 radical (unpaired) electrons. The van der Waals surface area contributed by atoms with Gasteiger partial charge in [0.05, 0.1) is 7.11 Å². The van der Waals surface area contributed by atoms with Gasteiger partial charge < -0.3 is 10.1 Å². The van der Waals surface area contributed by atoms with Crippen LogP contribution in [0.15, 0.2) is 12.7 Å². The van der Waals surface area contributed by atoms with E-state index in [1.54, 1.807) is 7.05 Å². The fourth-order valence-electron chi connectivity index (χ4n) is 1.69. The normalized spacial score (nSPS) is 10.3. The third-order valence-corrected chi connectivity index (χ3v) is 2.59. The molecule has 100 valence electrons. The highest BCUT2D eigenvalue weighted by molar-refractivity contribution is 5.84. The number of methoxy groups -OCH3 is 1. The van der Waals surface area contributed by atoms with Crippen molar-refractivity contribution in [3.63, 3.8) is 0 Å². The van der Waals surface area contributed by atoms with E-state index in [1.165, 1.54) is 24.4 Å². The van der Waals surface area contributed by atoms with Gasteiger partial charge in [-0.1, -0.05) is 6.92 Å².